The first-order chi connectivity index (χ1) is 16.9. The number of nitrogens with two attached hydrogens (primary N) is 2. The van der Waals surface area contributed by atoms with E-state index in [9.17, 15) is 26.3 Å². The molecule has 0 saturated heterocycles. The molecule has 11 heteroatoms. The third-order valence-corrected chi connectivity index (χ3v) is 5.74. The van der Waals surface area contributed by atoms with Crippen LogP contribution in [-0.4, -0.2) is 9.97 Å². The summed E-state index contributed by atoms with van der Waals surface area (Å²) < 4.78 is 79.5. The first kappa shape index (κ1) is 26.7. The number of hydrogen-bond acceptors (Lipinski definition) is 4. The lowest BCUT2D eigenvalue weighted by molar-refractivity contribution is 0.505. The molecular formula is C25H17BrF6N4. The van der Waals surface area contributed by atoms with Gasteiger partial charge in [0.25, 0.3) is 0 Å². The van der Waals surface area contributed by atoms with E-state index in [0.717, 1.165) is 24.3 Å². The number of benzene rings is 2. The van der Waals surface area contributed by atoms with Gasteiger partial charge in [-0.3, -0.25) is 0 Å². The van der Waals surface area contributed by atoms with Crippen LogP contribution < -0.4 is 11.5 Å². The molecule has 0 aliphatic heterocycles. The second kappa shape index (κ2) is 10.8. The van der Waals surface area contributed by atoms with E-state index in [2.05, 4.69) is 32.5 Å². The van der Waals surface area contributed by atoms with Crippen LogP contribution in [0.2, 0.25) is 0 Å². The highest BCUT2D eigenvalue weighted by Crippen LogP contribution is 2.36. The molecule has 4 nitrogen and oxygen atoms in total. The number of nitrogens with zero attached hydrogens (tertiary/aromatic N) is 2. The lowest BCUT2D eigenvalue weighted by Gasteiger charge is -2.13. The Morgan fingerprint density at radius 1 is 0.750 bits per heavy atom. The molecule has 2 heterocycles. The van der Waals surface area contributed by atoms with Gasteiger partial charge in [0, 0.05) is 41.2 Å². The number of rotatable bonds is 3. The van der Waals surface area contributed by atoms with Gasteiger partial charge < -0.3 is 11.5 Å². The highest BCUT2D eigenvalue weighted by Gasteiger charge is 2.18. The van der Waals surface area contributed by atoms with Crippen LogP contribution in [0, 0.1) is 35.2 Å². The third kappa shape index (κ3) is 5.51. The van der Waals surface area contributed by atoms with Crippen molar-refractivity contribution in [3.63, 3.8) is 0 Å². The topological polar surface area (TPSA) is 77.8 Å². The van der Waals surface area contributed by atoms with Gasteiger partial charge in [-0.25, -0.2) is 27.5 Å². The summed E-state index contributed by atoms with van der Waals surface area (Å²) in [6, 6.07) is 6.98. The Kier molecular flexibility index (Phi) is 8.03. The van der Waals surface area contributed by atoms with E-state index < -0.39 is 35.2 Å². The Labute approximate surface area is 210 Å². The predicted molar refractivity (Wildman–Crippen MR) is 130 cm³/mol. The molecule has 0 atom stereocenters. The first-order valence-electron chi connectivity index (χ1n) is 10.0. The quantitative estimate of drug-likeness (QED) is 0.118. The molecule has 4 rings (SSSR count). The standard InChI is InChI=1S/C14H11F3N2.C11H6BrF3N2/c1-7(2)12-13(17)10(15)6-9(14(12)18)8-3-4-19-11(16)5-8;12-9-10(15)7(13)4-6(11(9)16)5-1-2-17-8(14)3-5/h3-6H,1,18H2,2H3;1-4H,16H2. The molecule has 0 radical (unpaired) electrons. The van der Waals surface area contributed by atoms with Crippen LogP contribution in [0.1, 0.15) is 12.5 Å². The molecule has 0 bridgehead atoms. The molecular weight excluding hydrogens is 550 g/mol. The molecule has 4 N–H and O–H groups in total. The lowest BCUT2D eigenvalue weighted by Crippen LogP contribution is -2.02. The number of allylic oxidation sites excluding steroid dienone is 1. The van der Waals surface area contributed by atoms with Crippen molar-refractivity contribution in [3.05, 3.63) is 101 Å². The van der Waals surface area contributed by atoms with Gasteiger partial charge in [0.1, 0.15) is 0 Å². The summed E-state index contributed by atoms with van der Waals surface area (Å²) >= 11 is 2.85. The van der Waals surface area contributed by atoms with Gasteiger partial charge in [-0.2, -0.15) is 8.78 Å². The smallest absolute Gasteiger partial charge is 0.213 e. The minimum absolute atomic E-state index is 0.00880. The van der Waals surface area contributed by atoms with E-state index in [1.165, 1.54) is 31.5 Å². The summed E-state index contributed by atoms with van der Waals surface area (Å²) in [5.41, 5.74) is 12.8. The fourth-order valence-electron chi connectivity index (χ4n) is 3.28. The highest BCUT2D eigenvalue weighted by molar-refractivity contribution is 9.10. The fourth-order valence-corrected chi connectivity index (χ4v) is 3.69. The van der Waals surface area contributed by atoms with Crippen molar-refractivity contribution in [2.75, 3.05) is 11.5 Å². The zero-order valence-electron chi connectivity index (χ0n) is 18.5. The van der Waals surface area contributed by atoms with Crippen LogP contribution in [0.3, 0.4) is 0 Å². The normalized spacial score (nSPS) is 10.6. The average molecular weight is 567 g/mol. The van der Waals surface area contributed by atoms with Crippen molar-refractivity contribution in [2.24, 2.45) is 0 Å². The molecule has 0 fully saturated rings. The van der Waals surface area contributed by atoms with Crippen molar-refractivity contribution in [1.82, 2.24) is 9.97 Å². The van der Waals surface area contributed by atoms with E-state index in [1.54, 1.807) is 0 Å². The third-order valence-electron chi connectivity index (χ3n) is 4.96. The van der Waals surface area contributed by atoms with E-state index in [0.29, 0.717) is 16.7 Å². The minimum atomic E-state index is -1.07. The fraction of sp³-hybridized carbons (Fsp3) is 0.0400. The molecule has 0 aliphatic carbocycles. The highest BCUT2D eigenvalue weighted by atomic mass is 79.9. The zero-order valence-corrected chi connectivity index (χ0v) is 20.1. The van der Waals surface area contributed by atoms with Crippen molar-refractivity contribution in [3.8, 4) is 22.3 Å². The largest absolute Gasteiger partial charge is 0.398 e. The van der Waals surface area contributed by atoms with Crippen LogP contribution in [-0.2, 0) is 0 Å². The van der Waals surface area contributed by atoms with Gasteiger partial charge in [-0.15, -0.1) is 0 Å². The molecule has 0 saturated carbocycles. The summed E-state index contributed by atoms with van der Waals surface area (Å²) in [6.45, 7) is 5.09. The minimum Gasteiger partial charge on any atom is -0.398 e. The van der Waals surface area contributed by atoms with Gasteiger partial charge in [-0.05, 0) is 63.8 Å². The van der Waals surface area contributed by atoms with E-state index in [4.69, 9.17) is 11.5 Å². The number of anilines is 2. The molecule has 186 valence electrons. The molecule has 0 unspecified atom stereocenters. The Balaban J connectivity index is 0.000000202. The Morgan fingerprint density at radius 2 is 1.19 bits per heavy atom. The predicted octanol–water partition coefficient (Wildman–Crippen LogP) is 7.29. The number of pyridine rings is 2. The van der Waals surface area contributed by atoms with Crippen LogP contribution in [0.5, 0.6) is 0 Å². The van der Waals surface area contributed by atoms with E-state index >= 15 is 0 Å². The van der Waals surface area contributed by atoms with Gasteiger partial charge in [0.15, 0.2) is 23.3 Å². The van der Waals surface area contributed by atoms with Crippen molar-refractivity contribution in [2.45, 2.75) is 6.92 Å². The maximum atomic E-state index is 13.7. The summed E-state index contributed by atoms with van der Waals surface area (Å²) in [6.07, 6.45) is 2.45. The Bertz CT molecular complexity index is 1480. The molecule has 36 heavy (non-hydrogen) atoms. The van der Waals surface area contributed by atoms with Crippen LogP contribution in [0.4, 0.5) is 37.7 Å². The SMILES string of the molecule is C=C(C)c1c(N)c(-c2ccnc(F)c2)cc(F)c1F.Nc1c(-c2ccnc(F)c2)cc(F)c(F)c1Br. The monoisotopic (exact) mass is 566 g/mol. The summed E-state index contributed by atoms with van der Waals surface area (Å²) in [5.74, 6) is -5.68. The van der Waals surface area contributed by atoms with Gasteiger partial charge >= 0.3 is 0 Å². The van der Waals surface area contributed by atoms with Crippen LogP contribution >= 0.6 is 15.9 Å². The molecule has 2 aromatic carbocycles. The summed E-state index contributed by atoms with van der Waals surface area (Å²) in [7, 11) is 0. The molecule has 0 aliphatic rings. The van der Waals surface area contributed by atoms with Gasteiger partial charge in [0.2, 0.25) is 11.9 Å². The van der Waals surface area contributed by atoms with Crippen molar-refractivity contribution < 1.29 is 26.3 Å². The van der Waals surface area contributed by atoms with Crippen molar-refractivity contribution in [1.29, 1.82) is 0 Å². The summed E-state index contributed by atoms with van der Waals surface area (Å²) in [5, 5.41) is 0. The first-order valence-corrected chi connectivity index (χ1v) is 10.8. The molecule has 2 aromatic heterocycles. The number of hydrogen-bond donors (Lipinski definition) is 2. The van der Waals surface area contributed by atoms with Crippen LogP contribution in [0.15, 0.2) is 59.8 Å². The Morgan fingerprint density at radius 3 is 1.64 bits per heavy atom. The molecule has 0 spiro atoms. The van der Waals surface area contributed by atoms with Crippen molar-refractivity contribution >= 4 is 32.9 Å². The van der Waals surface area contributed by atoms with Gasteiger partial charge in [-0.1, -0.05) is 6.58 Å². The molecule has 0 amide bonds. The maximum absolute atomic E-state index is 13.7. The lowest BCUT2D eigenvalue weighted by atomic mass is 9.97. The van der Waals surface area contributed by atoms with E-state index in [1.807, 2.05) is 0 Å². The van der Waals surface area contributed by atoms with Crippen LogP contribution in [0.25, 0.3) is 27.8 Å². The molecule has 4 aromatic rings. The second-order valence-corrected chi connectivity index (χ2v) is 8.26. The number of halogens is 7. The Hall–Kier alpha value is -3.86. The van der Waals surface area contributed by atoms with Gasteiger partial charge in [0.05, 0.1) is 15.8 Å². The van der Waals surface area contributed by atoms with E-state index in [-0.39, 0.29) is 32.5 Å². The maximum Gasteiger partial charge on any atom is 0.213 e. The zero-order chi connectivity index (χ0) is 26.7. The number of nitrogen functional groups attached to an aromatic ring is 2. The average Bonchev–Trinajstić information content (AvgIpc) is 2.82. The number of aromatic nitrogens is 2. The second-order valence-electron chi connectivity index (χ2n) is 7.47. The summed E-state index contributed by atoms with van der Waals surface area (Å²) in [4.78, 5) is 6.77.